The summed E-state index contributed by atoms with van der Waals surface area (Å²) in [5.41, 5.74) is 1.57. The highest BCUT2D eigenvalue weighted by molar-refractivity contribution is 5.94. The lowest BCUT2D eigenvalue weighted by Gasteiger charge is -2.57. The van der Waals surface area contributed by atoms with Gasteiger partial charge < -0.3 is 10.6 Å². The van der Waals surface area contributed by atoms with Crippen molar-refractivity contribution < 1.29 is 9.59 Å². The molecule has 4 heteroatoms. The fourth-order valence-corrected chi connectivity index (χ4v) is 6.56. The molecule has 2 aromatic rings. The van der Waals surface area contributed by atoms with Crippen LogP contribution in [0.1, 0.15) is 66.9 Å². The van der Waals surface area contributed by atoms with Gasteiger partial charge in [-0.15, -0.1) is 0 Å². The summed E-state index contributed by atoms with van der Waals surface area (Å²) < 4.78 is 0. The van der Waals surface area contributed by atoms with E-state index in [4.69, 9.17) is 0 Å². The van der Waals surface area contributed by atoms with E-state index in [-0.39, 0.29) is 29.8 Å². The molecule has 2 aromatic carbocycles. The van der Waals surface area contributed by atoms with Crippen molar-refractivity contribution in [2.24, 2.45) is 17.8 Å². The Kier molecular flexibility index (Phi) is 5.10. The average Bonchev–Trinajstić information content (AvgIpc) is 2.73. The molecule has 30 heavy (non-hydrogen) atoms. The molecule has 4 aliphatic rings. The summed E-state index contributed by atoms with van der Waals surface area (Å²) in [5, 5.41) is 6.54. The molecule has 0 aliphatic heterocycles. The molecular formula is C26H30N2O2. The molecule has 1 atom stereocenters. The second kappa shape index (κ2) is 7.90. The SMILES string of the molecule is O=C(C[C@@H](NC(=O)c1ccccc1)c1ccccc1)NC12CC3CC(CC(C3)C1)C2. The second-order valence-electron chi connectivity index (χ2n) is 9.75. The van der Waals surface area contributed by atoms with Gasteiger partial charge in [0.25, 0.3) is 5.91 Å². The first kappa shape index (κ1) is 19.3. The molecule has 156 valence electrons. The third kappa shape index (κ3) is 4.00. The van der Waals surface area contributed by atoms with Gasteiger partial charge in [0.2, 0.25) is 5.91 Å². The average molecular weight is 403 g/mol. The summed E-state index contributed by atoms with van der Waals surface area (Å²) in [6.45, 7) is 0. The molecule has 2 amide bonds. The van der Waals surface area contributed by atoms with E-state index in [0.29, 0.717) is 5.56 Å². The Morgan fingerprint density at radius 3 is 1.93 bits per heavy atom. The zero-order chi connectivity index (χ0) is 20.6. The molecule has 0 spiro atoms. The predicted octanol–water partition coefficient (Wildman–Crippen LogP) is 4.63. The molecule has 0 aromatic heterocycles. The largest absolute Gasteiger partial charge is 0.351 e. The van der Waals surface area contributed by atoms with E-state index in [0.717, 1.165) is 42.6 Å². The van der Waals surface area contributed by atoms with Crippen molar-refractivity contribution >= 4 is 11.8 Å². The van der Waals surface area contributed by atoms with E-state index in [1.165, 1.54) is 19.3 Å². The first-order chi connectivity index (χ1) is 14.6. The summed E-state index contributed by atoms with van der Waals surface area (Å²) in [4.78, 5) is 25.9. The summed E-state index contributed by atoms with van der Waals surface area (Å²) in [6, 6.07) is 18.7. The molecular weight excluding hydrogens is 372 g/mol. The van der Waals surface area contributed by atoms with Crippen LogP contribution in [0.5, 0.6) is 0 Å². The van der Waals surface area contributed by atoms with Gasteiger partial charge >= 0.3 is 0 Å². The zero-order valence-corrected chi connectivity index (χ0v) is 17.3. The van der Waals surface area contributed by atoms with E-state index in [9.17, 15) is 9.59 Å². The molecule has 0 unspecified atom stereocenters. The first-order valence-corrected chi connectivity index (χ1v) is 11.3. The zero-order valence-electron chi connectivity index (χ0n) is 17.3. The summed E-state index contributed by atoms with van der Waals surface area (Å²) in [5.74, 6) is 2.28. The minimum atomic E-state index is -0.340. The van der Waals surface area contributed by atoms with Crippen molar-refractivity contribution in [2.75, 3.05) is 0 Å². The number of rotatable bonds is 6. The molecule has 2 N–H and O–H groups in total. The Hall–Kier alpha value is -2.62. The van der Waals surface area contributed by atoms with Crippen LogP contribution in [-0.2, 0) is 4.79 Å². The van der Waals surface area contributed by atoms with Crippen LogP contribution in [0.3, 0.4) is 0 Å². The third-order valence-electron chi connectivity index (χ3n) is 7.38. The molecule has 0 saturated heterocycles. The highest BCUT2D eigenvalue weighted by Crippen LogP contribution is 2.55. The number of hydrogen-bond acceptors (Lipinski definition) is 2. The van der Waals surface area contributed by atoms with Crippen LogP contribution in [0.15, 0.2) is 60.7 Å². The molecule has 0 heterocycles. The van der Waals surface area contributed by atoms with Crippen LogP contribution >= 0.6 is 0 Å². The lowest BCUT2D eigenvalue weighted by atomic mass is 9.53. The molecule has 4 fully saturated rings. The topological polar surface area (TPSA) is 58.2 Å². The predicted molar refractivity (Wildman–Crippen MR) is 117 cm³/mol. The highest BCUT2D eigenvalue weighted by Gasteiger charge is 2.51. The number of hydrogen-bond donors (Lipinski definition) is 2. The van der Waals surface area contributed by atoms with Gasteiger partial charge in [0, 0.05) is 11.1 Å². The van der Waals surface area contributed by atoms with Crippen molar-refractivity contribution in [3.8, 4) is 0 Å². The van der Waals surface area contributed by atoms with Crippen molar-refractivity contribution in [3.63, 3.8) is 0 Å². The Bertz CT molecular complexity index is 874. The lowest BCUT2D eigenvalue weighted by molar-refractivity contribution is -0.127. The van der Waals surface area contributed by atoms with E-state index >= 15 is 0 Å². The smallest absolute Gasteiger partial charge is 0.251 e. The van der Waals surface area contributed by atoms with Gasteiger partial charge in [0.15, 0.2) is 0 Å². The van der Waals surface area contributed by atoms with Crippen molar-refractivity contribution in [3.05, 3.63) is 71.8 Å². The van der Waals surface area contributed by atoms with E-state index in [2.05, 4.69) is 10.6 Å². The molecule has 0 radical (unpaired) electrons. The standard InChI is InChI=1S/C26H30N2O2/c29-24(28-26-15-18-11-19(16-26)13-20(12-18)17-26)14-23(21-7-3-1-4-8-21)27-25(30)22-9-5-2-6-10-22/h1-10,18-20,23H,11-17H2,(H,27,30)(H,28,29)/t18?,19?,20?,23-,26?/m1/s1. The normalized spacial score (nSPS) is 29.9. The summed E-state index contributed by atoms with van der Waals surface area (Å²) >= 11 is 0. The van der Waals surface area contributed by atoms with Gasteiger partial charge in [0.05, 0.1) is 12.5 Å². The maximum atomic E-state index is 13.2. The maximum Gasteiger partial charge on any atom is 0.251 e. The van der Waals surface area contributed by atoms with Crippen LogP contribution in [0.4, 0.5) is 0 Å². The minimum absolute atomic E-state index is 0.00346. The molecule has 4 aliphatic carbocycles. The number of nitrogens with one attached hydrogen (secondary N) is 2. The number of amides is 2. The van der Waals surface area contributed by atoms with E-state index < -0.39 is 0 Å². The molecule has 4 saturated carbocycles. The lowest BCUT2D eigenvalue weighted by Crippen LogP contribution is -2.60. The minimum Gasteiger partial charge on any atom is -0.351 e. The summed E-state index contributed by atoms with van der Waals surface area (Å²) in [7, 11) is 0. The third-order valence-corrected chi connectivity index (χ3v) is 7.38. The Morgan fingerprint density at radius 1 is 0.833 bits per heavy atom. The van der Waals surface area contributed by atoms with Gasteiger partial charge in [-0.2, -0.15) is 0 Å². The monoisotopic (exact) mass is 402 g/mol. The molecule has 6 rings (SSSR count). The van der Waals surface area contributed by atoms with Gasteiger partial charge in [-0.25, -0.2) is 0 Å². The Balaban J connectivity index is 1.30. The Labute approximate surface area is 178 Å². The van der Waals surface area contributed by atoms with Gasteiger partial charge in [-0.05, 0) is 74.0 Å². The van der Waals surface area contributed by atoms with E-state index in [1.54, 1.807) is 12.1 Å². The summed E-state index contributed by atoms with van der Waals surface area (Å²) in [6.07, 6.45) is 7.74. The van der Waals surface area contributed by atoms with Crippen LogP contribution in [0, 0.1) is 17.8 Å². The van der Waals surface area contributed by atoms with Crippen molar-refractivity contribution in [2.45, 2.75) is 56.5 Å². The van der Waals surface area contributed by atoms with Gasteiger partial charge in [-0.3, -0.25) is 9.59 Å². The quantitative estimate of drug-likeness (QED) is 0.740. The number of benzene rings is 2. The van der Waals surface area contributed by atoms with Gasteiger partial charge in [0.1, 0.15) is 0 Å². The van der Waals surface area contributed by atoms with Crippen LogP contribution in [0.25, 0.3) is 0 Å². The maximum absolute atomic E-state index is 13.2. The second-order valence-corrected chi connectivity index (χ2v) is 9.75. The number of carbonyl (C=O) groups is 2. The Morgan fingerprint density at radius 2 is 1.37 bits per heavy atom. The van der Waals surface area contributed by atoms with Crippen LogP contribution < -0.4 is 10.6 Å². The van der Waals surface area contributed by atoms with Crippen LogP contribution in [0.2, 0.25) is 0 Å². The first-order valence-electron chi connectivity index (χ1n) is 11.3. The molecule has 4 bridgehead atoms. The molecule has 4 nitrogen and oxygen atoms in total. The van der Waals surface area contributed by atoms with Crippen molar-refractivity contribution in [1.82, 2.24) is 10.6 Å². The fraction of sp³-hybridized carbons (Fsp3) is 0.462. The van der Waals surface area contributed by atoms with Crippen LogP contribution in [-0.4, -0.2) is 17.4 Å². The fourth-order valence-electron chi connectivity index (χ4n) is 6.56. The van der Waals surface area contributed by atoms with E-state index in [1.807, 2.05) is 48.5 Å². The highest BCUT2D eigenvalue weighted by atomic mass is 16.2. The van der Waals surface area contributed by atoms with Gasteiger partial charge in [-0.1, -0.05) is 48.5 Å². The number of carbonyl (C=O) groups excluding carboxylic acids is 2. The van der Waals surface area contributed by atoms with Crippen molar-refractivity contribution in [1.29, 1.82) is 0 Å².